The zero-order valence-corrected chi connectivity index (χ0v) is 9.80. The second-order valence-electron chi connectivity index (χ2n) is 3.69. The highest BCUT2D eigenvalue weighted by Crippen LogP contribution is 2.34. The van der Waals surface area contributed by atoms with Crippen molar-refractivity contribution in [3.05, 3.63) is 35.4 Å². The average molecular weight is 248 g/mol. The summed E-state index contributed by atoms with van der Waals surface area (Å²) in [5.74, 6) is -0.688. The van der Waals surface area contributed by atoms with Crippen LogP contribution in [-0.4, -0.2) is 30.1 Å². The van der Waals surface area contributed by atoms with Crippen molar-refractivity contribution in [1.29, 1.82) is 0 Å². The molecule has 0 aromatic heterocycles. The molecule has 2 rings (SSSR count). The second-order valence-corrected chi connectivity index (χ2v) is 3.69. The van der Waals surface area contributed by atoms with Gasteiger partial charge in [0.25, 0.3) is 0 Å². The van der Waals surface area contributed by atoms with Crippen LogP contribution in [0.5, 0.6) is 11.5 Å². The van der Waals surface area contributed by atoms with E-state index in [1.54, 1.807) is 18.2 Å². The van der Waals surface area contributed by atoms with Gasteiger partial charge in [-0.25, -0.2) is 4.79 Å². The SMILES string of the molecule is CCOc1cccc2c1C(=O)C(=CC(=O)O)CO2. The molecule has 5 heteroatoms. The van der Waals surface area contributed by atoms with Crippen molar-refractivity contribution in [3.8, 4) is 11.5 Å². The molecule has 18 heavy (non-hydrogen) atoms. The zero-order chi connectivity index (χ0) is 13.1. The quantitative estimate of drug-likeness (QED) is 0.824. The molecule has 0 fully saturated rings. The van der Waals surface area contributed by atoms with E-state index in [1.165, 1.54) is 0 Å². The van der Waals surface area contributed by atoms with Gasteiger partial charge in [-0.2, -0.15) is 0 Å². The fraction of sp³-hybridized carbons (Fsp3) is 0.231. The molecule has 0 unspecified atom stereocenters. The molecular weight excluding hydrogens is 236 g/mol. The first-order chi connectivity index (χ1) is 8.63. The molecule has 94 valence electrons. The van der Waals surface area contributed by atoms with Crippen LogP contribution in [0.1, 0.15) is 17.3 Å². The molecule has 0 atom stereocenters. The second kappa shape index (κ2) is 4.91. The van der Waals surface area contributed by atoms with E-state index >= 15 is 0 Å². The Hall–Kier alpha value is -2.30. The van der Waals surface area contributed by atoms with Gasteiger partial charge in [0.05, 0.1) is 6.61 Å². The minimum Gasteiger partial charge on any atom is -0.493 e. The van der Waals surface area contributed by atoms with Gasteiger partial charge in [-0.05, 0) is 19.1 Å². The van der Waals surface area contributed by atoms with Crippen molar-refractivity contribution < 1.29 is 24.2 Å². The van der Waals surface area contributed by atoms with Gasteiger partial charge >= 0.3 is 5.97 Å². The summed E-state index contributed by atoms with van der Waals surface area (Å²) in [4.78, 5) is 22.8. The molecule has 1 aromatic carbocycles. The van der Waals surface area contributed by atoms with Gasteiger partial charge < -0.3 is 14.6 Å². The van der Waals surface area contributed by atoms with Crippen molar-refractivity contribution in [2.45, 2.75) is 6.92 Å². The highest BCUT2D eigenvalue weighted by Gasteiger charge is 2.27. The number of hydrogen-bond donors (Lipinski definition) is 1. The molecular formula is C13H12O5. The molecule has 5 nitrogen and oxygen atoms in total. The number of aliphatic carboxylic acids is 1. The fourth-order valence-electron chi connectivity index (χ4n) is 1.77. The summed E-state index contributed by atoms with van der Waals surface area (Å²) in [7, 11) is 0. The van der Waals surface area contributed by atoms with Crippen molar-refractivity contribution >= 4 is 11.8 Å². The Labute approximate surface area is 104 Å². The van der Waals surface area contributed by atoms with E-state index < -0.39 is 5.97 Å². The van der Waals surface area contributed by atoms with Crippen LogP contribution in [0.15, 0.2) is 29.8 Å². The third kappa shape index (κ3) is 2.20. The van der Waals surface area contributed by atoms with Crippen LogP contribution in [0.2, 0.25) is 0 Å². The molecule has 1 N–H and O–H groups in total. The molecule has 1 aromatic rings. The maximum Gasteiger partial charge on any atom is 0.328 e. The highest BCUT2D eigenvalue weighted by molar-refractivity contribution is 6.15. The summed E-state index contributed by atoms with van der Waals surface area (Å²) in [6.07, 6.45) is 0.869. The normalized spacial score (nSPS) is 16.1. The van der Waals surface area contributed by atoms with Crippen LogP contribution >= 0.6 is 0 Å². The van der Waals surface area contributed by atoms with Gasteiger partial charge in [-0.3, -0.25) is 4.79 Å². The van der Waals surface area contributed by atoms with Crippen molar-refractivity contribution in [3.63, 3.8) is 0 Å². The summed E-state index contributed by atoms with van der Waals surface area (Å²) in [5, 5.41) is 8.69. The third-order valence-electron chi connectivity index (χ3n) is 2.49. The van der Waals surface area contributed by atoms with Gasteiger partial charge in [-0.15, -0.1) is 0 Å². The monoisotopic (exact) mass is 248 g/mol. The van der Waals surface area contributed by atoms with Crippen LogP contribution < -0.4 is 9.47 Å². The van der Waals surface area contributed by atoms with E-state index in [-0.39, 0.29) is 23.5 Å². The molecule has 0 spiro atoms. The predicted octanol–water partition coefficient (Wildman–Crippen LogP) is 1.67. The van der Waals surface area contributed by atoms with Gasteiger partial charge in [0.2, 0.25) is 0 Å². The molecule has 0 aliphatic carbocycles. The molecule has 1 aliphatic rings. The lowest BCUT2D eigenvalue weighted by atomic mass is 9.99. The largest absolute Gasteiger partial charge is 0.493 e. The first-order valence-corrected chi connectivity index (χ1v) is 5.50. The summed E-state index contributed by atoms with van der Waals surface area (Å²) in [6.45, 7) is 2.19. The van der Waals surface area contributed by atoms with Crippen molar-refractivity contribution in [2.24, 2.45) is 0 Å². The highest BCUT2D eigenvalue weighted by atomic mass is 16.5. The number of carboxylic acid groups (broad SMARTS) is 1. The fourth-order valence-corrected chi connectivity index (χ4v) is 1.77. The minimum absolute atomic E-state index is 0.0340. The van der Waals surface area contributed by atoms with Gasteiger partial charge in [0.15, 0.2) is 5.78 Å². The summed E-state index contributed by atoms with van der Waals surface area (Å²) < 4.78 is 10.7. The smallest absolute Gasteiger partial charge is 0.328 e. The number of rotatable bonds is 3. The Morgan fingerprint density at radius 2 is 2.33 bits per heavy atom. The maximum atomic E-state index is 12.2. The molecule has 0 saturated heterocycles. The van der Waals surface area contributed by atoms with Crippen LogP contribution in [0.3, 0.4) is 0 Å². The molecule has 0 amide bonds. The summed E-state index contributed by atoms with van der Waals surface area (Å²) in [5.41, 5.74) is 0.403. The topological polar surface area (TPSA) is 72.8 Å². The number of ketones is 1. The third-order valence-corrected chi connectivity index (χ3v) is 2.49. The van der Waals surface area contributed by atoms with Gasteiger partial charge in [0.1, 0.15) is 23.7 Å². The van der Waals surface area contributed by atoms with Crippen molar-refractivity contribution in [1.82, 2.24) is 0 Å². The van der Waals surface area contributed by atoms with E-state index in [4.69, 9.17) is 14.6 Å². The maximum absolute atomic E-state index is 12.2. The van der Waals surface area contributed by atoms with E-state index in [0.29, 0.717) is 18.1 Å². The first-order valence-electron chi connectivity index (χ1n) is 5.50. The Kier molecular flexibility index (Phi) is 3.32. The Bertz CT molecular complexity index is 530. The Balaban J connectivity index is 2.47. The lowest BCUT2D eigenvalue weighted by Crippen LogP contribution is -2.21. The van der Waals surface area contributed by atoms with E-state index in [9.17, 15) is 9.59 Å². The van der Waals surface area contributed by atoms with Crippen LogP contribution in [0.25, 0.3) is 0 Å². The Morgan fingerprint density at radius 3 is 3.00 bits per heavy atom. The summed E-state index contributed by atoms with van der Waals surface area (Å²) in [6, 6.07) is 5.05. The van der Waals surface area contributed by atoms with E-state index in [0.717, 1.165) is 6.08 Å². The van der Waals surface area contributed by atoms with Crippen LogP contribution in [0.4, 0.5) is 0 Å². The number of carbonyl (C=O) groups excluding carboxylic acids is 1. The molecule has 1 aliphatic heterocycles. The number of ether oxygens (including phenoxy) is 2. The minimum atomic E-state index is -1.17. The summed E-state index contributed by atoms with van der Waals surface area (Å²) >= 11 is 0. The average Bonchev–Trinajstić information content (AvgIpc) is 2.33. The number of hydrogen-bond acceptors (Lipinski definition) is 4. The van der Waals surface area contributed by atoms with E-state index in [2.05, 4.69) is 0 Å². The molecule has 0 radical (unpaired) electrons. The zero-order valence-electron chi connectivity index (χ0n) is 9.80. The number of carboxylic acids is 1. The lowest BCUT2D eigenvalue weighted by Gasteiger charge is -2.20. The van der Waals surface area contributed by atoms with Crippen LogP contribution in [0, 0.1) is 0 Å². The molecule has 0 bridgehead atoms. The van der Waals surface area contributed by atoms with Crippen molar-refractivity contribution in [2.75, 3.05) is 13.2 Å². The van der Waals surface area contributed by atoms with Gasteiger partial charge in [0, 0.05) is 11.6 Å². The standard InChI is InChI=1S/C13H12O5/c1-2-17-9-4-3-5-10-12(9)13(16)8(7-18-10)6-11(14)15/h3-6H,2,7H2,1H3,(H,14,15). The predicted molar refractivity (Wildman–Crippen MR) is 63.2 cm³/mol. The number of carbonyl (C=O) groups is 2. The molecule has 0 saturated carbocycles. The number of Topliss-reactive ketones (excluding diaryl/α,β-unsaturated/α-hetero) is 1. The van der Waals surface area contributed by atoms with Crippen LogP contribution in [-0.2, 0) is 4.79 Å². The first kappa shape index (κ1) is 12.2. The number of benzene rings is 1. The lowest BCUT2D eigenvalue weighted by molar-refractivity contribution is -0.131. The molecule has 1 heterocycles. The number of fused-ring (bicyclic) bond motifs is 1. The van der Waals surface area contributed by atoms with Gasteiger partial charge in [-0.1, -0.05) is 6.07 Å². The van der Waals surface area contributed by atoms with E-state index in [1.807, 2.05) is 6.92 Å². The Morgan fingerprint density at radius 1 is 1.56 bits per heavy atom.